The Morgan fingerprint density at radius 1 is 1.21 bits per heavy atom. The predicted octanol–water partition coefficient (Wildman–Crippen LogP) is 3.07. The summed E-state index contributed by atoms with van der Waals surface area (Å²) in [4.78, 5) is 15.3. The summed E-state index contributed by atoms with van der Waals surface area (Å²) in [5, 5.41) is 9.00. The first-order valence-electron chi connectivity index (χ1n) is 5.89. The smallest absolute Gasteiger partial charge is 0.337 e. The maximum atomic E-state index is 11.0. The number of aromatic carboxylic acids is 1. The molecule has 0 saturated heterocycles. The number of aryl methyl sites for hydroxylation is 2. The van der Waals surface area contributed by atoms with E-state index >= 15 is 0 Å². The lowest BCUT2D eigenvalue weighted by Gasteiger charge is -2.10. The Balaban J connectivity index is 2.54. The van der Waals surface area contributed by atoms with Gasteiger partial charge in [-0.15, -0.1) is 0 Å². The minimum atomic E-state index is -0.965. The number of pyridine rings is 1. The van der Waals surface area contributed by atoms with Crippen molar-refractivity contribution in [3.63, 3.8) is 0 Å². The summed E-state index contributed by atoms with van der Waals surface area (Å²) < 4.78 is 5.34. The van der Waals surface area contributed by atoms with Crippen LogP contribution in [0.3, 0.4) is 0 Å². The number of ether oxygens (including phenoxy) is 1. The zero-order valence-electron chi connectivity index (χ0n) is 11.1. The molecule has 0 spiro atoms. The van der Waals surface area contributed by atoms with Gasteiger partial charge in [-0.2, -0.15) is 0 Å². The molecule has 1 heterocycles. The van der Waals surface area contributed by atoms with Crippen LogP contribution in [0.5, 0.6) is 5.75 Å². The van der Waals surface area contributed by atoms with Gasteiger partial charge >= 0.3 is 5.97 Å². The van der Waals surface area contributed by atoms with Crippen molar-refractivity contribution in [2.24, 2.45) is 0 Å². The lowest BCUT2D eigenvalue weighted by molar-refractivity contribution is 0.0695. The lowest BCUT2D eigenvalue weighted by Crippen LogP contribution is -2.02. The van der Waals surface area contributed by atoms with Crippen LogP contribution in [0.15, 0.2) is 30.3 Å². The van der Waals surface area contributed by atoms with E-state index in [-0.39, 0.29) is 5.56 Å². The highest BCUT2D eigenvalue weighted by Gasteiger charge is 2.12. The molecular formula is C15H15NO3. The van der Waals surface area contributed by atoms with E-state index in [2.05, 4.69) is 4.98 Å². The van der Waals surface area contributed by atoms with Crippen molar-refractivity contribution in [2.75, 3.05) is 7.11 Å². The molecule has 0 aliphatic carbocycles. The average molecular weight is 257 g/mol. The number of carboxylic acids is 1. The van der Waals surface area contributed by atoms with Crippen molar-refractivity contribution in [3.05, 3.63) is 47.2 Å². The molecule has 4 nitrogen and oxygen atoms in total. The van der Waals surface area contributed by atoms with Crippen LogP contribution < -0.4 is 4.74 Å². The van der Waals surface area contributed by atoms with Crippen molar-refractivity contribution in [1.29, 1.82) is 0 Å². The molecule has 0 unspecified atom stereocenters. The van der Waals surface area contributed by atoms with Gasteiger partial charge in [-0.05, 0) is 43.7 Å². The number of rotatable bonds is 3. The average Bonchev–Trinajstić information content (AvgIpc) is 2.37. The van der Waals surface area contributed by atoms with Crippen LogP contribution in [0.2, 0.25) is 0 Å². The maximum Gasteiger partial charge on any atom is 0.337 e. The summed E-state index contributed by atoms with van der Waals surface area (Å²) in [7, 11) is 1.61. The van der Waals surface area contributed by atoms with E-state index in [1.807, 2.05) is 25.1 Å². The van der Waals surface area contributed by atoms with Crippen LogP contribution in [0.25, 0.3) is 11.3 Å². The van der Waals surface area contributed by atoms with E-state index in [0.717, 1.165) is 16.9 Å². The highest BCUT2D eigenvalue weighted by Crippen LogP contribution is 2.30. The first-order chi connectivity index (χ1) is 9.02. The molecule has 98 valence electrons. The van der Waals surface area contributed by atoms with Gasteiger partial charge in [-0.25, -0.2) is 4.79 Å². The number of methoxy groups -OCH3 is 1. The van der Waals surface area contributed by atoms with Crippen LogP contribution in [0.4, 0.5) is 0 Å². The topological polar surface area (TPSA) is 59.4 Å². The van der Waals surface area contributed by atoms with Gasteiger partial charge < -0.3 is 9.84 Å². The van der Waals surface area contributed by atoms with Crippen molar-refractivity contribution < 1.29 is 14.6 Å². The first kappa shape index (κ1) is 13.1. The van der Waals surface area contributed by atoms with Gasteiger partial charge in [-0.1, -0.05) is 6.07 Å². The molecule has 1 N–H and O–H groups in total. The fraction of sp³-hybridized carbons (Fsp3) is 0.200. The van der Waals surface area contributed by atoms with Crippen molar-refractivity contribution >= 4 is 5.97 Å². The van der Waals surface area contributed by atoms with Gasteiger partial charge in [-0.3, -0.25) is 4.98 Å². The number of hydrogen-bond donors (Lipinski definition) is 1. The third-order valence-corrected chi connectivity index (χ3v) is 2.95. The molecule has 0 aliphatic rings. The fourth-order valence-electron chi connectivity index (χ4n) is 1.95. The maximum absolute atomic E-state index is 11.0. The minimum Gasteiger partial charge on any atom is -0.496 e. The van der Waals surface area contributed by atoms with Crippen LogP contribution in [-0.2, 0) is 0 Å². The third-order valence-electron chi connectivity index (χ3n) is 2.95. The van der Waals surface area contributed by atoms with Crippen molar-refractivity contribution in [3.8, 4) is 17.0 Å². The number of aromatic nitrogens is 1. The second-order valence-electron chi connectivity index (χ2n) is 4.34. The monoisotopic (exact) mass is 257 g/mol. The van der Waals surface area contributed by atoms with E-state index in [0.29, 0.717) is 11.4 Å². The van der Waals surface area contributed by atoms with Crippen LogP contribution in [-0.4, -0.2) is 23.2 Å². The molecule has 0 atom stereocenters. The highest BCUT2D eigenvalue weighted by atomic mass is 16.5. The van der Waals surface area contributed by atoms with Crippen LogP contribution in [0.1, 0.15) is 21.6 Å². The van der Waals surface area contributed by atoms with Gasteiger partial charge in [0.25, 0.3) is 0 Å². The molecule has 2 aromatic rings. The Hall–Kier alpha value is -2.36. The van der Waals surface area contributed by atoms with E-state index in [9.17, 15) is 4.79 Å². The molecule has 1 aromatic carbocycles. The number of carbonyl (C=O) groups is 1. The number of carboxylic acid groups (broad SMARTS) is 1. The van der Waals surface area contributed by atoms with E-state index in [1.54, 1.807) is 26.2 Å². The second-order valence-corrected chi connectivity index (χ2v) is 4.34. The summed E-state index contributed by atoms with van der Waals surface area (Å²) in [6.45, 7) is 3.67. The molecular weight excluding hydrogens is 242 g/mol. The molecule has 0 saturated carbocycles. The molecule has 0 amide bonds. The van der Waals surface area contributed by atoms with E-state index in [1.165, 1.54) is 0 Å². The number of benzene rings is 1. The zero-order chi connectivity index (χ0) is 14.0. The summed E-state index contributed by atoms with van der Waals surface area (Å²) >= 11 is 0. The molecule has 0 fully saturated rings. The zero-order valence-corrected chi connectivity index (χ0v) is 11.1. The Kier molecular flexibility index (Phi) is 3.51. The summed E-state index contributed by atoms with van der Waals surface area (Å²) in [5.74, 6) is -0.234. The van der Waals surface area contributed by atoms with Gasteiger partial charge in [0.05, 0.1) is 24.1 Å². The third kappa shape index (κ3) is 2.57. The second kappa shape index (κ2) is 5.10. The molecule has 4 heteroatoms. The van der Waals surface area contributed by atoms with Gasteiger partial charge in [0, 0.05) is 5.56 Å². The SMILES string of the molecule is COc1cc(C)ccc1-c1ccc(C(=O)O)c(C)n1. The summed E-state index contributed by atoms with van der Waals surface area (Å²) in [5.41, 5.74) is 3.37. The van der Waals surface area contributed by atoms with Crippen LogP contribution in [0, 0.1) is 13.8 Å². The standard InChI is InChI=1S/C15H15NO3/c1-9-4-5-12(14(8-9)19-3)13-7-6-11(15(17)18)10(2)16-13/h4-8H,1-3H3,(H,17,18). The van der Waals surface area contributed by atoms with Gasteiger partial charge in [0.1, 0.15) is 5.75 Å². The number of nitrogens with zero attached hydrogens (tertiary/aromatic N) is 1. The summed E-state index contributed by atoms with van der Waals surface area (Å²) in [6.07, 6.45) is 0. The van der Waals surface area contributed by atoms with Crippen molar-refractivity contribution in [1.82, 2.24) is 4.98 Å². The normalized spacial score (nSPS) is 10.3. The van der Waals surface area contributed by atoms with Gasteiger partial charge in [0.2, 0.25) is 0 Å². The predicted molar refractivity (Wildman–Crippen MR) is 72.7 cm³/mol. The highest BCUT2D eigenvalue weighted by molar-refractivity contribution is 5.89. The molecule has 0 aliphatic heterocycles. The Labute approximate surface area is 111 Å². The summed E-state index contributed by atoms with van der Waals surface area (Å²) in [6, 6.07) is 9.09. The van der Waals surface area contributed by atoms with Gasteiger partial charge in [0.15, 0.2) is 0 Å². The minimum absolute atomic E-state index is 0.217. The quantitative estimate of drug-likeness (QED) is 0.918. The largest absolute Gasteiger partial charge is 0.496 e. The molecule has 2 rings (SSSR count). The molecule has 1 aromatic heterocycles. The van der Waals surface area contributed by atoms with E-state index in [4.69, 9.17) is 9.84 Å². The van der Waals surface area contributed by atoms with E-state index < -0.39 is 5.97 Å². The number of hydrogen-bond acceptors (Lipinski definition) is 3. The Bertz CT molecular complexity index is 635. The molecule has 19 heavy (non-hydrogen) atoms. The van der Waals surface area contributed by atoms with Crippen LogP contribution >= 0.6 is 0 Å². The lowest BCUT2D eigenvalue weighted by atomic mass is 10.1. The fourth-order valence-corrected chi connectivity index (χ4v) is 1.95. The Morgan fingerprint density at radius 3 is 2.53 bits per heavy atom. The van der Waals surface area contributed by atoms with Crippen molar-refractivity contribution in [2.45, 2.75) is 13.8 Å². The first-order valence-corrected chi connectivity index (χ1v) is 5.89. The molecule has 0 radical (unpaired) electrons. The molecule has 0 bridgehead atoms. The Morgan fingerprint density at radius 2 is 1.95 bits per heavy atom.